The van der Waals surface area contributed by atoms with E-state index in [2.05, 4.69) is 0 Å². The fourth-order valence-corrected chi connectivity index (χ4v) is 0.798. The molecule has 1 aliphatic heterocycles. The molecular formula is C5H9NO2. The van der Waals surface area contributed by atoms with E-state index in [1.54, 1.807) is 0 Å². The molecule has 2 unspecified atom stereocenters. The van der Waals surface area contributed by atoms with Crippen molar-refractivity contribution in [3.63, 3.8) is 0 Å². The van der Waals surface area contributed by atoms with Gasteiger partial charge in [0.2, 0.25) is 0 Å². The molecule has 2 N–H and O–H groups in total. The highest BCUT2D eigenvalue weighted by Crippen LogP contribution is 2.06. The molecule has 0 saturated carbocycles. The van der Waals surface area contributed by atoms with Crippen LogP contribution in [0.1, 0.15) is 0 Å². The Bertz CT molecular complexity index is 76.5. The first-order valence-corrected chi connectivity index (χ1v) is 2.56. The van der Waals surface area contributed by atoms with Crippen LogP contribution in [0.15, 0.2) is 0 Å². The van der Waals surface area contributed by atoms with E-state index in [9.17, 15) is 0 Å². The van der Waals surface area contributed by atoms with Crippen molar-refractivity contribution in [2.45, 2.75) is 12.2 Å². The molecule has 0 aromatic rings. The third-order valence-electron chi connectivity index (χ3n) is 1.29. The predicted octanol–water partition coefficient (Wildman–Crippen LogP) is -1.31. The Morgan fingerprint density at radius 1 is 1.25 bits per heavy atom. The summed E-state index contributed by atoms with van der Waals surface area (Å²) in [5.41, 5.74) is 0. The van der Waals surface area contributed by atoms with Crippen LogP contribution in [-0.4, -0.2) is 40.4 Å². The fourth-order valence-electron chi connectivity index (χ4n) is 0.798. The summed E-state index contributed by atoms with van der Waals surface area (Å²) < 4.78 is 0. The van der Waals surface area contributed by atoms with Crippen LogP contribution in [0.3, 0.4) is 0 Å². The fraction of sp³-hybridized carbons (Fsp3) is 0.800. The van der Waals surface area contributed by atoms with E-state index in [0.717, 1.165) is 0 Å². The van der Waals surface area contributed by atoms with Crippen LogP contribution in [0, 0.1) is 7.05 Å². The Labute approximate surface area is 48.5 Å². The molecule has 1 saturated heterocycles. The van der Waals surface area contributed by atoms with E-state index in [1.165, 1.54) is 4.90 Å². The van der Waals surface area contributed by atoms with Gasteiger partial charge in [0.1, 0.15) is 0 Å². The Balaban J connectivity index is 2.39. The largest absolute Gasteiger partial charge is 0.389 e. The summed E-state index contributed by atoms with van der Waals surface area (Å²) >= 11 is 0. The lowest BCUT2D eigenvalue weighted by Crippen LogP contribution is -2.22. The van der Waals surface area contributed by atoms with Gasteiger partial charge in [-0.1, -0.05) is 0 Å². The van der Waals surface area contributed by atoms with Crippen LogP contribution < -0.4 is 0 Å². The summed E-state index contributed by atoms with van der Waals surface area (Å²) in [6, 6.07) is 0. The zero-order valence-corrected chi connectivity index (χ0v) is 4.49. The van der Waals surface area contributed by atoms with Crippen molar-refractivity contribution in [3.05, 3.63) is 7.05 Å². The minimum Gasteiger partial charge on any atom is -0.389 e. The summed E-state index contributed by atoms with van der Waals surface area (Å²) in [7, 11) is 5.23. The molecule has 1 aliphatic rings. The summed E-state index contributed by atoms with van der Waals surface area (Å²) in [5, 5.41) is 17.6. The molecule has 0 aliphatic carbocycles. The molecule has 0 bridgehead atoms. The summed E-state index contributed by atoms with van der Waals surface area (Å²) in [4.78, 5) is 1.40. The average molecular weight is 115 g/mol. The second-order valence-electron chi connectivity index (χ2n) is 2.09. The molecule has 3 nitrogen and oxygen atoms in total. The molecule has 0 aromatic heterocycles. The Hall–Kier alpha value is -0.120. The number of aliphatic hydroxyl groups is 2. The van der Waals surface area contributed by atoms with E-state index in [1.807, 2.05) is 0 Å². The number of likely N-dealkylation sites (tertiary alicyclic amines) is 1. The highest BCUT2D eigenvalue weighted by atomic mass is 16.3. The lowest BCUT2D eigenvalue weighted by atomic mass is 10.3. The zero-order valence-electron chi connectivity index (χ0n) is 4.49. The van der Waals surface area contributed by atoms with E-state index < -0.39 is 12.2 Å². The number of nitrogens with zero attached hydrogens (tertiary/aromatic N) is 1. The number of aliphatic hydroxyl groups excluding tert-OH is 2. The van der Waals surface area contributed by atoms with Gasteiger partial charge in [0, 0.05) is 20.1 Å². The quantitative estimate of drug-likeness (QED) is 0.412. The Morgan fingerprint density at radius 3 is 1.75 bits per heavy atom. The van der Waals surface area contributed by atoms with Crippen molar-refractivity contribution in [1.29, 1.82) is 0 Å². The minimum absolute atomic E-state index is 0.376. The van der Waals surface area contributed by atoms with Gasteiger partial charge >= 0.3 is 0 Å². The first-order valence-electron chi connectivity index (χ1n) is 2.56. The maximum atomic E-state index is 8.80. The SMILES string of the molecule is [CH]N1CC(O)C(O)C1. The van der Waals surface area contributed by atoms with E-state index >= 15 is 0 Å². The third-order valence-corrected chi connectivity index (χ3v) is 1.29. The Morgan fingerprint density at radius 2 is 1.62 bits per heavy atom. The number of rotatable bonds is 0. The van der Waals surface area contributed by atoms with Crippen molar-refractivity contribution in [3.8, 4) is 0 Å². The predicted molar refractivity (Wildman–Crippen MR) is 27.9 cm³/mol. The maximum Gasteiger partial charge on any atom is 0.0938 e. The molecule has 0 amide bonds. The molecule has 1 fully saturated rings. The van der Waals surface area contributed by atoms with Crippen LogP contribution in [0.5, 0.6) is 0 Å². The van der Waals surface area contributed by atoms with Gasteiger partial charge < -0.3 is 10.2 Å². The minimum atomic E-state index is -0.653. The van der Waals surface area contributed by atoms with Crippen LogP contribution in [0.4, 0.5) is 0 Å². The number of β-amino-alcohol motifs (C(OH)–C–C–N with tert-alkyl or cyclic N) is 2. The lowest BCUT2D eigenvalue weighted by molar-refractivity contribution is 0.0572. The van der Waals surface area contributed by atoms with Crippen LogP contribution >= 0.6 is 0 Å². The van der Waals surface area contributed by atoms with Crippen LogP contribution in [0.25, 0.3) is 0 Å². The molecule has 2 atom stereocenters. The normalized spacial score (nSPS) is 40.9. The molecule has 8 heavy (non-hydrogen) atoms. The van der Waals surface area contributed by atoms with Crippen molar-refractivity contribution < 1.29 is 10.2 Å². The molecule has 46 valence electrons. The molecule has 0 aromatic carbocycles. The van der Waals surface area contributed by atoms with Gasteiger partial charge in [0.05, 0.1) is 12.2 Å². The van der Waals surface area contributed by atoms with Gasteiger partial charge in [-0.3, -0.25) is 4.90 Å². The molecule has 1 heterocycles. The molecular weight excluding hydrogens is 106 g/mol. The van der Waals surface area contributed by atoms with Crippen LogP contribution in [0.2, 0.25) is 0 Å². The smallest absolute Gasteiger partial charge is 0.0938 e. The first kappa shape index (κ1) is 6.01. The average Bonchev–Trinajstić information content (AvgIpc) is 1.85. The maximum absolute atomic E-state index is 8.80. The molecule has 1 rings (SSSR count). The summed E-state index contributed by atoms with van der Waals surface area (Å²) in [5.74, 6) is 0. The van der Waals surface area contributed by atoms with Gasteiger partial charge in [-0.2, -0.15) is 0 Å². The topological polar surface area (TPSA) is 43.7 Å². The lowest BCUT2D eigenvalue weighted by Gasteiger charge is -2.01. The zero-order chi connectivity index (χ0) is 6.15. The summed E-state index contributed by atoms with van der Waals surface area (Å²) in [6.07, 6.45) is -1.31. The van der Waals surface area contributed by atoms with Crippen molar-refractivity contribution >= 4 is 0 Å². The molecule has 0 spiro atoms. The van der Waals surface area contributed by atoms with Crippen LogP contribution in [-0.2, 0) is 0 Å². The number of hydrogen-bond acceptors (Lipinski definition) is 3. The standard InChI is InChI=1S/C5H9NO2/c1-6-2-4(7)5(8)3-6/h1,4-5,7-8H,2-3H2. The highest BCUT2D eigenvalue weighted by molar-refractivity contribution is 4.82. The van der Waals surface area contributed by atoms with E-state index in [0.29, 0.717) is 13.1 Å². The van der Waals surface area contributed by atoms with E-state index in [4.69, 9.17) is 17.3 Å². The van der Waals surface area contributed by atoms with Gasteiger partial charge in [0.25, 0.3) is 0 Å². The Kier molecular flexibility index (Phi) is 1.51. The van der Waals surface area contributed by atoms with Gasteiger partial charge in [-0.25, -0.2) is 0 Å². The molecule has 2 radical (unpaired) electrons. The van der Waals surface area contributed by atoms with Crippen molar-refractivity contribution in [2.75, 3.05) is 13.1 Å². The summed E-state index contributed by atoms with van der Waals surface area (Å²) in [6.45, 7) is 0.752. The van der Waals surface area contributed by atoms with Gasteiger partial charge in [0.15, 0.2) is 0 Å². The third kappa shape index (κ3) is 0.992. The number of hydrogen-bond donors (Lipinski definition) is 2. The van der Waals surface area contributed by atoms with Crippen molar-refractivity contribution in [1.82, 2.24) is 4.90 Å². The van der Waals surface area contributed by atoms with E-state index in [-0.39, 0.29) is 0 Å². The van der Waals surface area contributed by atoms with Gasteiger partial charge in [-0.05, 0) is 0 Å². The van der Waals surface area contributed by atoms with Crippen molar-refractivity contribution in [2.24, 2.45) is 0 Å². The van der Waals surface area contributed by atoms with Gasteiger partial charge in [-0.15, -0.1) is 0 Å². The monoisotopic (exact) mass is 115 g/mol. The first-order chi connectivity index (χ1) is 3.70. The second kappa shape index (κ2) is 2.01. The highest BCUT2D eigenvalue weighted by Gasteiger charge is 2.26. The molecule has 3 heteroatoms. The second-order valence-corrected chi connectivity index (χ2v) is 2.09.